The number of piperazine rings is 2. The van der Waals surface area contributed by atoms with Gasteiger partial charge >= 0.3 is 6.09 Å². The van der Waals surface area contributed by atoms with E-state index in [1.165, 1.54) is 0 Å². The minimum Gasteiger partial charge on any atom is -0.450 e. The molecule has 2 fully saturated rings. The molecule has 2 heterocycles. The molecule has 0 atom stereocenters. The van der Waals surface area contributed by atoms with Gasteiger partial charge < -0.3 is 29.7 Å². The summed E-state index contributed by atoms with van der Waals surface area (Å²) in [5.41, 5.74) is 0.0719. The maximum Gasteiger partial charge on any atom is 0.409 e. The number of anilines is 2. The standard InChI is InChI=1S/C20H33N5O4/c1-3-22-8-10-23(11-9-22)7-5-6-21-16-17(19(27)18(16)26)24-12-14-25(15-13-24)20(28)29-4-2/h21H,3-15H2,1-2H3. The normalized spacial score (nSPS) is 19.0. The SMILES string of the molecule is CCOC(=O)N1CCN(c2c(NCCCN3CCN(CC)CC3)c(=O)c2=O)CC1. The van der Waals surface area contributed by atoms with E-state index in [0.717, 1.165) is 45.7 Å². The molecule has 2 saturated heterocycles. The minimum absolute atomic E-state index is 0.324. The molecule has 0 radical (unpaired) electrons. The highest BCUT2D eigenvalue weighted by molar-refractivity contribution is 5.76. The number of hydrogen-bond donors (Lipinski definition) is 1. The van der Waals surface area contributed by atoms with Gasteiger partial charge in [-0.25, -0.2) is 4.79 Å². The predicted molar refractivity (Wildman–Crippen MR) is 114 cm³/mol. The van der Waals surface area contributed by atoms with Crippen LogP contribution in [-0.4, -0.2) is 99.4 Å². The fourth-order valence-corrected chi connectivity index (χ4v) is 4.02. The number of nitrogens with zero attached hydrogens (tertiary/aromatic N) is 4. The third kappa shape index (κ3) is 5.08. The molecular weight excluding hydrogens is 374 g/mol. The number of likely N-dealkylation sites (N-methyl/N-ethyl adjacent to an activating group) is 1. The number of carbonyl (C=O) groups excluding carboxylic acids is 1. The molecule has 1 aromatic rings. The average molecular weight is 408 g/mol. The highest BCUT2D eigenvalue weighted by atomic mass is 16.6. The van der Waals surface area contributed by atoms with Crippen LogP contribution in [0.1, 0.15) is 20.3 Å². The first-order chi connectivity index (χ1) is 14.0. The summed E-state index contributed by atoms with van der Waals surface area (Å²) < 4.78 is 5.02. The van der Waals surface area contributed by atoms with Gasteiger partial charge in [0.05, 0.1) is 6.61 Å². The van der Waals surface area contributed by atoms with Gasteiger partial charge in [-0.3, -0.25) is 9.59 Å². The Morgan fingerprint density at radius 2 is 1.59 bits per heavy atom. The van der Waals surface area contributed by atoms with Crippen LogP contribution in [0.15, 0.2) is 9.59 Å². The first-order valence-corrected chi connectivity index (χ1v) is 10.7. The second-order valence-electron chi connectivity index (χ2n) is 7.61. The van der Waals surface area contributed by atoms with Gasteiger partial charge in [-0.2, -0.15) is 0 Å². The number of amides is 1. The van der Waals surface area contributed by atoms with Crippen LogP contribution in [0.3, 0.4) is 0 Å². The molecule has 1 N–H and O–H groups in total. The van der Waals surface area contributed by atoms with Gasteiger partial charge in [0.25, 0.3) is 10.9 Å². The summed E-state index contributed by atoms with van der Waals surface area (Å²) in [6.45, 7) is 13.5. The highest BCUT2D eigenvalue weighted by Gasteiger charge is 2.30. The van der Waals surface area contributed by atoms with Gasteiger partial charge in [0.2, 0.25) is 0 Å². The lowest BCUT2D eigenvalue weighted by molar-refractivity contribution is 0.105. The minimum atomic E-state index is -0.426. The van der Waals surface area contributed by atoms with Crippen molar-refractivity contribution in [1.29, 1.82) is 0 Å². The Bertz CT molecular complexity index is 744. The molecule has 0 spiro atoms. The van der Waals surface area contributed by atoms with E-state index in [0.29, 0.717) is 50.7 Å². The summed E-state index contributed by atoms with van der Waals surface area (Å²) in [5.74, 6) is 0. The molecule has 0 bridgehead atoms. The molecule has 1 aromatic carbocycles. The van der Waals surface area contributed by atoms with E-state index in [9.17, 15) is 14.4 Å². The summed E-state index contributed by atoms with van der Waals surface area (Å²) >= 11 is 0. The largest absolute Gasteiger partial charge is 0.450 e. The molecule has 0 aliphatic carbocycles. The van der Waals surface area contributed by atoms with E-state index >= 15 is 0 Å². The smallest absolute Gasteiger partial charge is 0.409 e. The van der Waals surface area contributed by atoms with E-state index in [4.69, 9.17) is 4.74 Å². The van der Waals surface area contributed by atoms with Crippen molar-refractivity contribution < 1.29 is 9.53 Å². The Hall–Kier alpha value is -2.13. The molecule has 2 aliphatic rings. The second kappa shape index (κ2) is 10.1. The van der Waals surface area contributed by atoms with Crippen molar-refractivity contribution in [3.63, 3.8) is 0 Å². The van der Waals surface area contributed by atoms with Gasteiger partial charge in [-0.1, -0.05) is 6.92 Å². The van der Waals surface area contributed by atoms with Crippen LogP contribution in [0, 0.1) is 0 Å². The Morgan fingerprint density at radius 1 is 0.931 bits per heavy atom. The first-order valence-electron chi connectivity index (χ1n) is 10.7. The molecule has 9 heteroatoms. The molecule has 29 heavy (non-hydrogen) atoms. The van der Waals surface area contributed by atoms with Gasteiger partial charge in [0.15, 0.2) is 0 Å². The molecular formula is C20H33N5O4. The highest BCUT2D eigenvalue weighted by Crippen LogP contribution is 2.21. The van der Waals surface area contributed by atoms with Crippen molar-refractivity contribution in [2.75, 3.05) is 88.8 Å². The molecule has 0 aromatic heterocycles. The Balaban J connectivity index is 1.44. The van der Waals surface area contributed by atoms with Crippen molar-refractivity contribution in [1.82, 2.24) is 14.7 Å². The van der Waals surface area contributed by atoms with Crippen LogP contribution in [0.2, 0.25) is 0 Å². The lowest BCUT2D eigenvalue weighted by Gasteiger charge is -2.36. The maximum absolute atomic E-state index is 12.1. The quantitative estimate of drug-likeness (QED) is 0.476. The van der Waals surface area contributed by atoms with E-state index in [2.05, 4.69) is 22.0 Å². The topological polar surface area (TPSA) is 85.4 Å². The van der Waals surface area contributed by atoms with Crippen LogP contribution in [-0.2, 0) is 4.74 Å². The third-order valence-corrected chi connectivity index (χ3v) is 5.87. The van der Waals surface area contributed by atoms with E-state index in [1.54, 1.807) is 11.8 Å². The van der Waals surface area contributed by atoms with Gasteiger partial charge in [-0.05, 0) is 26.4 Å². The summed E-state index contributed by atoms with van der Waals surface area (Å²) in [7, 11) is 0. The van der Waals surface area contributed by atoms with Crippen LogP contribution in [0.4, 0.5) is 16.2 Å². The number of rotatable bonds is 8. The number of hydrogen-bond acceptors (Lipinski definition) is 8. The van der Waals surface area contributed by atoms with Crippen LogP contribution < -0.4 is 21.1 Å². The first kappa shape index (κ1) is 21.6. The zero-order chi connectivity index (χ0) is 20.8. The van der Waals surface area contributed by atoms with Crippen molar-refractivity contribution in [3.05, 3.63) is 20.4 Å². The Morgan fingerprint density at radius 3 is 2.21 bits per heavy atom. The predicted octanol–water partition coefficient (Wildman–Crippen LogP) is 0.000600. The number of carbonyl (C=O) groups is 1. The zero-order valence-electron chi connectivity index (χ0n) is 17.6. The van der Waals surface area contributed by atoms with E-state index < -0.39 is 10.9 Å². The molecule has 2 aliphatic heterocycles. The van der Waals surface area contributed by atoms with Crippen molar-refractivity contribution in [2.24, 2.45) is 0 Å². The second-order valence-corrected chi connectivity index (χ2v) is 7.61. The summed E-state index contributed by atoms with van der Waals surface area (Å²) in [5, 5.41) is 3.19. The van der Waals surface area contributed by atoms with Crippen molar-refractivity contribution >= 4 is 17.5 Å². The van der Waals surface area contributed by atoms with Gasteiger partial charge in [0.1, 0.15) is 11.4 Å². The van der Waals surface area contributed by atoms with Crippen LogP contribution in [0.25, 0.3) is 0 Å². The average Bonchev–Trinajstić information content (AvgIpc) is 2.76. The maximum atomic E-state index is 12.1. The van der Waals surface area contributed by atoms with Gasteiger partial charge in [-0.15, -0.1) is 0 Å². The zero-order valence-corrected chi connectivity index (χ0v) is 17.6. The Labute approximate surface area is 171 Å². The summed E-state index contributed by atoms with van der Waals surface area (Å²) in [6.07, 6.45) is 0.608. The van der Waals surface area contributed by atoms with E-state index in [1.807, 2.05) is 4.90 Å². The lowest BCUT2D eigenvalue weighted by Crippen LogP contribution is -2.53. The number of ether oxygens (including phenoxy) is 1. The molecule has 0 saturated carbocycles. The molecule has 0 unspecified atom stereocenters. The Kier molecular flexibility index (Phi) is 7.49. The monoisotopic (exact) mass is 407 g/mol. The van der Waals surface area contributed by atoms with E-state index in [-0.39, 0.29) is 6.09 Å². The number of nitrogens with one attached hydrogen (secondary N) is 1. The summed E-state index contributed by atoms with van der Waals surface area (Å²) in [6, 6.07) is 0. The fraction of sp³-hybridized carbons (Fsp3) is 0.750. The molecule has 9 nitrogen and oxygen atoms in total. The van der Waals surface area contributed by atoms with Gasteiger partial charge in [0, 0.05) is 58.9 Å². The third-order valence-electron chi connectivity index (χ3n) is 5.87. The van der Waals surface area contributed by atoms with Crippen LogP contribution >= 0.6 is 0 Å². The molecule has 162 valence electrons. The fourth-order valence-electron chi connectivity index (χ4n) is 4.02. The molecule has 1 amide bonds. The van der Waals surface area contributed by atoms with Crippen molar-refractivity contribution in [3.8, 4) is 0 Å². The molecule has 3 rings (SSSR count). The summed E-state index contributed by atoms with van der Waals surface area (Å²) in [4.78, 5) is 44.4. The van der Waals surface area contributed by atoms with Crippen molar-refractivity contribution in [2.45, 2.75) is 20.3 Å². The lowest BCUT2D eigenvalue weighted by atomic mass is 10.1. The van der Waals surface area contributed by atoms with Crippen LogP contribution in [0.5, 0.6) is 0 Å².